The van der Waals surface area contributed by atoms with Crippen LogP contribution in [0.25, 0.3) is 0 Å². The predicted octanol–water partition coefficient (Wildman–Crippen LogP) is 4.60. The van der Waals surface area contributed by atoms with Crippen LogP contribution in [0.1, 0.15) is 45.4 Å². The minimum absolute atomic E-state index is 0. The molecule has 1 aromatic rings. The number of unbranched alkanes of at least 4 members (excludes halogenated alkanes) is 5. The zero-order valence-electron chi connectivity index (χ0n) is 12.3. The zero-order valence-corrected chi connectivity index (χ0v) is 12.3. The van der Waals surface area contributed by atoms with Crippen molar-refractivity contribution >= 4 is 0 Å². The van der Waals surface area contributed by atoms with Crippen LogP contribution in [0.3, 0.4) is 0 Å². The highest BCUT2D eigenvalue weighted by Crippen LogP contribution is 2.08. The molecule has 3 heteroatoms. The summed E-state index contributed by atoms with van der Waals surface area (Å²) in [5.41, 5.74) is 0. The molecular weight excluding hydrogens is 238 g/mol. The fourth-order valence-electron chi connectivity index (χ4n) is 1.82. The highest BCUT2D eigenvalue weighted by atomic mass is 16.5. The molecule has 0 fully saturated rings. The number of hydrogen-bond donors (Lipinski definition) is 1. The van der Waals surface area contributed by atoms with Crippen LogP contribution in [-0.4, -0.2) is 19.8 Å². The summed E-state index contributed by atoms with van der Waals surface area (Å²) in [7, 11) is 0. The van der Waals surface area contributed by atoms with Gasteiger partial charge in [-0.05, 0) is 18.6 Å². The first-order valence-electron chi connectivity index (χ1n) is 7.19. The Labute approximate surface area is 117 Å². The van der Waals surface area contributed by atoms with Crippen molar-refractivity contribution in [2.75, 3.05) is 19.8 Å². The van der Waals surface area contributed by atoms with E-state index in [4.69, 9.17) is 9.47 Å². The summed E-state index contributed by atoms with van der Waals surface area (Å²) in [5, 5.41) is 0. The smallest absolute Gasteiger partial charge is 0.119 e. The molecule has 0 atom stereocenters. The maximum atomic E-state index is 5.54. The maximum absolute atomic E-state index is 5.54. The van der Waals surface area contributed by atoms with Gasteiger partial charge in [0.1, 0.15) is 12.4 Å². The zero-order chi connectivity index (χ0) is 12.9. The molecule has 0 spiro atoms. The molecule has 1 rings (SSSR count). The molecular formula is C16H29NO2. The lowest BCUT2D eigenvalue weighted by molar-refractivity contribution is 0.0971. The molecule has 110 valence electrons. The Morgan fingerprint density at radius 1 is 0.789 bits per heavy atom. The van der Waals surface area contributed by atoms with Crippen molar-refractivity contribution in [3.05, 3.63) is 30.3 Å². The summed E-state index contributed by atoms with van der Waals surface area (Å²) in [6.45, 7) is 4.43. The average Bonchev–Trinajstić information content (AvgIpc) is 2.42. The minimum atomic E-state index is 0. The number of ether oxygens (including phenoxy) is 2. The van der Waals surface area contributed by atoms with Gasteiger partial charge in [0, 0.05) is 6.61 Å². The maximum Gasteiger partial charge on any atom is 0.119 e. The van der Waals surface area contributed by atoms with E-state index in [0.717, 1.165) is 12.4 Å². The van der Waals surface area contributed by atoms with E-state index in [2.05, 4.69) is 6.92 Å². The Morgan fingerprint density at radius 3 is 2.21 bits per heavy atom. The largest absolute Gasteiger partial charge is 0.491 e. The molecule has 0 aliphatic heterocycles. The van der Waals surface area contributed by atoms with E-state index in [1.165, 1.54) is 38.5 Å². The van der Waals surface area contributed by atoms with Crippen molar-refractivity contribution in [2.45, 2.75) is 45.4 Å². The van der Waals surface area contributed by atoms with Crippen LogP contribution in [0.2, 0.25) is 0 Å². The van der Waals surface area contributed by atoms with E-state index < -0.39 is 0 Å². The molecule has 3 N–H and O–H groups in total. The van der Waals surface area contributed by atoms with Gasteiger partial charge in [0.05, 0.1) is 6.61 Å². The number of hydrogen-bond acceptors (Lipinski definition) is 3. The molecule has 0 amide bonds. The number of para-hydroxylation sites is 1. The SMILES string of the molecule is CCCCCCCCOCCOc1ccccc1.N. The van der Waals surface area contributed by atoms with Crippen LogP contribution >= 0.6 is 0 Å². The van der Waals surface area contributed by atoms with Gasteiger partial charge in [-0.3, -0.25) is 0 Å². The summed E-state index contributed by atoms with van der Waals surface area (Å²) < 4.78 is 11.1. The van der Waals surface area contributed by atoms with Crippen molar-refractivity contribution in [1.29, 1.82) is 0 Å². The van der Waals surface area contributed by atoms with Crippen molar-refractivity contribution in [3.8, 4) is 5.75 Å². The number of rotatable bonds is 11. The van der Waals surface area contributed by atoms with Gasteiger partial charge in [-0.15, -0.1) is 0 Å². The van der Waals surface area contributed by atoms with Gasteiger partial charge >= 0.3 is 0 Å². The normalized spacial score (nSPS) is 9.95. The van der Waals surface area contributed by atoms with E-state index in [-0.39, 0.29) is 6.15 Å². The highest BCUT2D eigenvalue weighted by Gasteiger charge is 1.93. The van der Waals surface area contributed by atoms with Crippen molar-refractivity contribution < 1.29 is 9.47 Å². The summed E-state index contributed by atoms with van der Waals surface area (Å²) in [5.74, 6) is 0.917. The Morgan fingerprint density at radius 2 is 1.47 bits per heavy atom. The third kappa shape index (κ3) is 10.5. The van der Waals surface area contributed by atoms with Gasteiger partial charge in [-0.2, -0.15) is 0 Å². The van der Waals surface area contributed by atoms with E-state index in [9.17, 15) is 0 Å². The standard InChI is InChI=1S/C16H26O2.H3N/c1-2-3-4-5-6-10-13-17-14-15-18-16-11-8-7-9-12-16;/h7-9,11-12H,2-6,10,13-15H2,1H3;1H3. The lowest BCUT2D eigenvalue weighted by atomic mass is 10.1. The number of benzene rings is 1. The van der Waals surface area contributed by atoms with Gasteiger partial charge in [-0.1, -0.05) is 57.2 Å². The Balaban J connectivity index is 0.00000324. The third-order valence-electron chi connectivity index (χ3n) is 2.88. The van der Waals surface area contributed by atoms with E-state index in [1.807, 2.05) is 30.3 Å². The summed E-state index contributed by atoms with van der Waals surface area (Å²) in [6, 6.07) is 9.88. The van der Waals surface area contributed by atoms with Gasteiger partial charge in [0.25, 0.3) is 0 Å². The lowest BCUT2D eigenvalue weighted by Gasteiger charge is -2.06. The topological polar surface area (TPSA) is 53.5 Å². The van der Waals surface area contributed by atoms with Crippen molar-refractivity contribution in [3.63, 3.8) is 0 Å². The van der Waals surface area contributed by atoms with Gasteiger partial charge in [0.15, 0.2) is 0 Å². The summed E-state index contributed by atoms with van der Waals surface area (Å²) in [6.07, 6.45) is 7.86. The molecule has 1 aromatic carbocycles. The quantitative estimate of drug-likeness (QED) is 0.596. The minimum Gasteiger partial charge on any atom is -0.491 e. The first-order chi connectivity index (χ1) is 8.93. The summed E-state index contributed by atoms with van der Waals surface area (Å²) in [4.78, 5) is 0. The molecule has 0 aliphatic carbocycles. The first kappa shape index (κ1) is 17.9. The fourth-order valence-corrected chi connectivity index (χ4v) is 1.82. The molecule has 0 saturated heterocycles. The molecule has 0 bridgehead atoms. The second-order valence-corrected chi connectivity index (χ2v) is 4.54. The monoisotopic (exact) mass is 267 g/mol. The Hall–Kier alpha value is -1.06. The highest BCUT2D eigenvalue weighted by molar-refractivity contribution is 5.20. The second kappa shape index (κ2) is 13.4. The van der Waals surface area contributed by atoms with Crippen LogP contribution in [0, 0.1) is 0 Å². The van der Waals surface area contributed by atoms with E-state index in [1.54, 1.807) is 0 Å². The first-order valence-corrected chi connectivity index (χ1v) is 7.19. The fraction of sp³-hybridized carbons (Fsp3) is 0.625. The lowest BCUT2D eigenvalue weighted by Crippen LogP contribution is -2.07. The Kier molecular flexibility index (Phi) is 12.6. The molecule has 3 nitrogen and oxygen atoms in total. The van der Waals surface area contributed by atoms with Crippen LogP contribution in [0.4, 0.5) is 0 Å². The molecule has 0 unspecified atom stereocenters. The molecule has 0 heterocycles. The van der Waals surface area contributed by atoms with Gasteiger partial charge < -0.3 is 15.6 Å². The van der Waals surface area contributed by atoms with Gasteiger partial charge in [0.2, 0.25) is 0 Å². The van der Waals surface area contributed by atoms with Crippen LogP contribution < -0.4 is 10.9 Å². The molecule has 19 heavy (non-hydrogen) atoms. The molecule has 0 radical (unpaired) electrons. The van der Waals surface area contributed by atoms with E-state index >= 15 is 0 Å². The average molecular weight is 267 g/mol. The third-order valence-corrected chi connectivity index (χ3v) is 2.88. The summed E-state index contributed by atoms with van der Waals surface area (Å²) >= 11 is 0. The molecule has 0 aromatic heterocycles. The molecule has 0 saturated carbocycles. The predicted molar refractivity (Wildman–Crippen MR) is 81.2 cm³/mol. The van der Waals surface area contributed by atoms with Crippen LogP contribution in [-0.2, 0) is 4.74 Å². The second-order valence-electron chi connectivity index (χ2n) is 4.54. The van der Waals surface area contributed by atoms with Crippen LogP contribution in [0.5, 0.6) is 5.75 Å². The van der Waals surface area contributed by atoms with Crippen LogP contribution in [0.15, 0.2) is 30.3 Å². The van der Waals surface area contributed by atoms with Crippen molar-refractivity contribution in [1.82, 2.24) is 6.15 Å². The van der Waals surface area contributed by atoms with E-state index in [0.29, 0.717) is 13.2 Å². The van der Waals surface area contributed by atoms with Gasteiger partial charge in [-0.25, -0.2) is 0 Å². The molecule has 0 aliphatic rings. The van der Waals surface area contributed by atoms with Crippen molar-refractivity contribution in [2.24, 2.45) is 0 Å². The Bertz CT molecular complexity index is 277.